The Morgan fingerprint density at radius 3 is 2.48 bits per heavy atom. The van der Waals surface area contributed by atoms with Crippen molar-refractivity contribution in [2.75, 3.05) is 4.90 Å². The lowest BCUT2D eigenvalue weighted by Gasteiger charge is -2.38. The van der Waals surface area contributed by atoms with Gasteiger partial charge in [-0.15, -0.1) is 0 Å². The van der Waals surface area contributed by atoms with E-state index in [9.17, 15) is 24.1 Å². The van der Waals surface area contributed by atoms with E-state index in [1.165, 1.54) is 41.3 Å². The van der Waals surface area contributed by atoms with E-state index in [1.54, 1.807) is 6.07 Å². The molecule has 0 fully saturated rings. The number of anilines is 1. The highest BCUT2D eigenvalue weighted by Gasteiger charge is 2.41. The Balaban J connectivity index is 1.86. The molecular weight excluding hydrogens is 399 g/mol. The summed E-state index contributed by atoms with van der Waals surface area (Å²) in [7, 11) is 0. The Morgan fingerprint density at radius 2 is 1.83 bits per heavy atom. The van der Waals surface area contributed by atoms with Crippen LogP contribution in [-0.4, -0.2) is 16.6 Å². The van der Waals surface area contributed by atoms with Crippen molar-refractivity contribution in [3.05, 3.63) is 80.3 Å². The van der Waals surface area contributed by atoms with Crippen LogP contribution in [0.5, 0.6) is 0 Å². The molecule has 0 spiro atoms. The predicted octanol–water partition coefficient (Wildman–Crippen LogP) is 4.91. The Labute approximate surface area is 170 Å². The number of nitro groups is 1. The first-order valence-electron chi connectivity index (χ1n) is 9.16. The molecule has 1 amide bonds. The van der Waals surface area contributed by atoms with Gasteiger partial charge in [-0.05, 0) is 37.1 Å². The van der Waals surface area contributed by atoms with Crippen LogP contribution in [0.15, 0.2) is 53.7 Å². The molecule has 0 radical (unpaired) electrons. The van der Waals surface area contributed by atoms with E-state index in [-0.39, 0.29) is 34.4 Å². The van der Waals surface area contributed by atoms with Crippen LogP contribution in [0, 0.1) is 15.9 Å². The summed E-state index contributed by atoms with van der Waals surface area (Å²) in [4.78, 5) is 37.7. The monoisotopic (exact) mass is 414 g/mol. The molecule has 2 aromatic rings. The van der Waals surface area contributed by atoms with Crippen LogP contribution in [0.2, 0.25) is 5.02 Å². The van der Waals surface area contributed by atoms with Crippen molar-refractivity contribution in [1.29, 1.82) is 0 Å². The Bertz CT molecular complexity index is 1040. The number of allylic oxidation sites excluding steroid dienone is 2. The molecule has 2 aliphatic rings. The molecule has 1 aliphatic carbocycles. The molecular formula is C21H16ClFN2O4. The highest BCUT2D eigenvalue weighted by molar-refractivity contribution is 6.31. The number of Topliss-reactive ketones (excluding diaryl/α,β-unsaturated/α-hetero) is 1. The van der Waals surface area contributed by atoms with Gasteiger partial charge >= 0.3 is 0 Å². The Hall–Kier alpha value is -3.06. The normalized spacial score (nSPS) is 19.4. The van der Waals surface area contributed by atoms with Crippen molar-refractivity contribution in [1.82, 2.24) is 0 Å². The molecule has 1 aliphatic heterocycles. The largest absolute Gasteiger partial charge is 0.294 e. The van der Waals surface area contributed by atoms with E-state index in [4.69, 9.17) is 11.6 Å². The third-order valence-electron chi connectivity index (χ3n) is 5.34. The number of ketones is 1. The van der Waals surface area contributed by atoms with Gasteiger partial charge in [0.05, 0.1) is 4.92 Å². The fourth-order valence-electron chi connectivity index (χ4n) is 4.11. The second-order valence-electron chi connectivity index (χ2n) is 7.03. The summed E-state index contributed by atoms with van der Waals surface area (Å²) in [5.41, 5.74) is 1.44. The second kappa shape index (κ2) is 7.40. The predicted molar refractivity (Wildman–Crippen MR) is 105 cm³/mol. The van der Waals surface area contributed by atoms with E-state index in [2.05, 4.69) is 0 Å². The molecule has 0 N–H and O–H groups in total. The highest BCUT2D eigenvalue weighted by Crippen LogP contribution is 2.45. The zero-order valence-corrected chi connectivity index (χ0v) is 16.0. The molecule has 1 unspecified atom stereocenters. The molecule has 29 heavy (non-hydrogen) atoms. The standard InChI is InChI=1S/C21H16ClFN2O4/c22-15-3-1-4-16(23)20(15)14-11-19(27)24(17-5-2-6-18(26)21(14)17)12-7-9-13(10-8-12)25(28)29/h1,3-4,7-10,14H,2,5-6,11H2. The van der Waals surface area contributed by atoms with E-state index >= 15 is 0 Å². The number of halogens is 2. The summed E-state index contributed by atoms with van der Waals surface area (Å²) < 4.78 is 14.6. The Morgan fingerprint density at radius 1 is 1.10 bits per heavy atom. The van der Waals surface area contributed by atoms with Crippen molar-refractivity contribution in [2.45, 2.75) is 31.6 Å². The van der Waals surface area contributed by atoms with Crippen LogP contribution in [-0.2, 0) is 9.59 Å². The number of amides is 1. The van der Waals surface area contributed by atoms with E-state index in [0.717, 1.165) is 0 Å². The zero-order valence-electron chi connectivity index (χ0n) is 15.2. The summed E-state index contributed by atoms with van der Waals surface area (Å²) in [5.74, 6) is -1.73. The fourth-order valence-corrected chi connectivity index (χ4v) is 4.40. The maximum atomic E-state index is 14.6. The number of nitrogens with zero attached hydrogens (tertiary/aromatic N) is 2. The van der Waals surface area contributed by atoms with Crippen molar-refractivity contribution in [3.8, 4) is 0 Å². The number of benzene rings is 2. The lowest BCUT2D eigenvalue weighted by molar-refractivity contribution is -0.384. The molecule has 0 aromatic heterocycles. The summed E-state index contributed by atoms with van der Waals surface area (Å²) in [6.45, 7) is 0. The minimum absolute atomic E-state index is 0.0943. The van der Waals surface area contributed by atoms with Gasteiger partial charge in [-0.25, -0.2) is 4.39 Å². The van der Waals surface area contributed by atoms with Gasteiger partial charge in [0.2, 0.25) is 5.91 Å². The van der Waals surface area contributed by atoms with Gasteiger partial charge in [0, 0.05) is 58.4 Å². The number of carbonyl (C=O) groups is 2. The van der Waals surface area contributed by atoms with Gasteiger partial charge in [-0.1, -0.05) is 17.7 Å². The first kappa shape index (κ1) is 19.3. The smallest absolute Gasteiger partial charge is 0.269 e. The van der Waals surface area contributed by atoms with Crippen molar-refractivity contribution < 1.29 is 18.9 Å². The van der Waals surface area contributed by atoms with Gasteiger partial charge in [0.15, 0.2) is 5.78 Å². The number of hydrogen-bond donors (Lipinski definition) is 0. The van der Waals surface area contributed by atoms with Crippen molar-refractivity contribution in [2.24, 2.45) is 0 Å². The SMILES string of the molecule is O=C1CCCC2=C1C(c1c(F)cccc1Cl)CC(=O)N2c1ccc([N+](=O)[O-])cc1. The average Bonchev–Trinajstić information content (AvgIpc) is 2.68. The van der Waals surface area contributed by atoms with Gasteiger partial charge in [-0.2, -0.15) is 0 Å². The van der Waals surface area contributed by atoms with Crippen LogP contribution < -0.4 is 4.90 Å². The third-order valence-corrected chi connectivity index (χ3v) is 5.67. The van der Waals surface area contributed by atoms with Crippen LogP contribution in [0.4, 0.5) is 15.8 Å². The number of non-ortho nitro benzene ring substituents is 1. The molecule has 8 heteroatoms. The van der Waals surface area contributed by atoms with Crippen LogP contribution in [0.3, 0.4) is 0 Å². The first-order chi connectivity index (χ1) is 13.9. The fraction of sp³-hybridized carbons (Fsp3) is 0.238. The molecule has 6 nitrogen and oxygen atoms in total. The molecule has 148 valence electrons. The number of rotatable bonds is 3. The topological polar surface area (TPSA) is 80.5 Å². The maximum Gasteiger partial charge on any atom is 0.269 e. The van der Waals surface area contributed by atoms with E-state index in [1.807, 2.05) is 0 Å². The molecule has 0 bridgehead atoms. The lowest BCUT2D eigenvalue weighted by atomic mass is 9.77. The van der Waals surface area contributed by atoms with Crippen LogP contribution in [0.25, 0.3) is 0 Å². The van der Waals surface area contributed by atoms with E-state index < -0.39 is 16.7 Å². The molecule has 4 rings (SSSR count). The summed E-state index contributed by atoms with van der Waals surface area (Å²) in [5, 5.41) is 11.1. The van der Waals surface area contributed by atoms with Crippen molar-refractivity contribution in [3.63, 3.8) is 0 Å². The van der Waals surface area contributed by atoms with Gasteiger partial charge in [0.1, 0.15) is 5.82 Å². The molecule has 1 atom stereocenters. The number of carbonyl (C=O) groups excluding carboxylic acids is 2. The summed E-state index contributed by atoms with van der Waals surface area (Å²) >= 11 is 6.23. The second-order valence-corrected chi connectivity index (χ2v) is 7.44. The van der Waals surface area contributed by atoms with E-state index in [0.29, 0.717) is 36.2 Å². The molecule has 0 saturated heterocycles. The Kier molecular flexibility index (Phi) is 4.92. The quantitative estimate of drug-likeness (QED) is 0.527. The van der Waals surface area contributed by atoms with Gasteiger partial charge in [-0.3, -0.25) is 24.6 Å². The first-order valence-corrected chi connectivity index (χ1v) is 9.54. The van der Waals surface area contributed by atoms with Crippen molar-refractivity contribution >= 4 is 34.7 Å². The summed E-state index contributed by atoms with van der Waals surface area (Å²) in [6, 6.07) is 9.88. The molecule has 1 heterocycles. The van der Waals surface area contributed by atoms with Gasteiger partial charge in [0.25, 0.3) is 5.69 Å². The van der Waals surface area contributed by atoms with Gasteiger partial charge < -0.3 is 0 Å². The minimum Gasteiger partial charge on any atom is -0.294 e. The van der Waals surface area contributed by atoms with Crippen LogP contribution in [0.1, 0.15) is 37.2 Å². The molecule has 0 saturated carbocycles. The maximum absolute atomic E-state index is 14.6. The third kappa shape index (κ3) is 3.31. The molecule has 2 aromatic carbocycles. The zero-order chi connectivity index (χ0) is 20.7. The number of hydrogen-bond acceptors (Lipinski definition) is 4. The average molecular weight is 415 g/mol. The minimum atomic E-state index is -0.742. The van der Waals surface area contributed by atoms with Crippen LogP contribution >= 0.6 is 11.6 Å². The highest BCUT2D eigenvalue weighted by atomic mass is 35.5. The lowest BCUT2D eigenvalue weighted by Crippen LogP contribution is -2.40. The number of nitro benzene ring substituents is 1. The summed E-state index contributed by atoms with van der Waals surface area (Å²) in [6.07, 6.45) is 1.27.